The Morgan fingerprint density at radius 1 is 1.42 bits per heavy atom. The lowest BCUT2D eigenvalue weighted by Crippen LogP contribution is -2.59. The second-order valence-electron chi connectivity index (χ2n) is 5.42. The molecule has 1 atom stereocenters. The van der Waals surface area contributed by atoms with Gasteiger partial charge >= 0.3 is 0 Å². The molecule has 0 bridgehead atoms. The van der Waals surface area contributed by atoms with Crippen LogP contribution >= 0.6 is 11.3 Å². The molecule has 0 saturated carbocycles. The fourth-order valence-corrected chi connectivity index (χ4v) is 3.95. The van der Waals surface area contributed by atoms with Crippen LogP contribution in [0.5, 0.6) is 0 Å². The van der Waals surface area contributed by atoms with Crippen molar-refractivity contribution in [3.63, 3.8) is 0 Å². The Morgan fingerprint density at radius 3 is 3.00 bits per heavy atom. The van der Waals surface area contributed by atoms with E-state index in [9.17, 15) is 0 Å². The average Bonchev–Trinajstić information content (AvgIpc) is 2.86. The number of nitrogens with one attached hydrogen (secondary N) is 1. The molecule has 0 spiro atoms. The SMILES string of the molecule is CC1CN(C2COC2)CCN1c1nc2cc[nH]c2s1. The maximum absolute atomic E-state index is 5.29. The van der Waals surface area contributed by atoms with Gasteiger partial charge < -0.3 is 14.6 Å². The van der Waals surface area contributed by atoms with Gasteiger partial charge in [0.15, 0.2) is 5.13 Å². The molecule has 4 rings (SSSR count). The first kappa shape index (κ1) is 11.7. The third kappa shape index (κ3) is 1.94. The van der Waals surface area contributed by atoms with Crippen molar-refractivity contribution in [2.45, 2.75) is 19.0 Å². The van der Waals surface area contributed by atoms with Crippen LogP contribution in [0.25, 0.3) is 10.3 Å². The minimum Gasteiger partial charge on any atom is -0.378 e. The first-order valence-electron chi connectivity index (χ1n) is 6.83. The highest BCUT2D eigenvalue weighted by molar-refractivity contribution is 7.21. The van der Waals surface area contributed by atoms with Crippen LogP contribution in [0.2, 0.25) is 0 Å². The number of anilines is 1. The number of H-pyrrole nitrogens is 1. The number of ether oxygens (including phenoxy) is 1. The lowest BCUT2D eigenvalue weighted by atomic mass is 10.1. The topological polar surface area (TPSA) is 44.4 Å². The summed E-state index contributed by atoms with van der Waals surface area (Å²) >= 11 is 1.76. The molecule has 102 valence electrons. The van der Waals surface area contributed by atoms with Crippen molar-refractivity contribution < 1.29 is 4.74 Å². The van der Waals surface area contributed by atoms with Crippen molar-refractivity contribution >= 4 is 26.8 Å². The Hall–Kier alpha value is -1.11. The van der Waals surface area contributed by atoms with Crippen LogP contribution in [0.3, 0.4) is 0 Å². The standard InChI is InChI=1S/C13H18N4OS/c1-9-6-16(10-7-18-8-10)4-5-17(9)13-15-11-2-3-14-12(11)19-13/h2-3,9-10,14H,4-8H2,1H3. The van der Waals surface area contributed by atoms with E-state index in [1.54, 1.807) is 11.3 Å². The molecule has 0 aromatic carbocycles. The lowest BCUT2D eigenvalue weighted by Gasteiger charge is -2.45. The van der Waals surface area contributed by atoms with Crippen LogP contribution in [-0.4, -0.2) is 59.8 Å². The fraction of sp³-hybridized carbons (Fsp3) is 0.615. The first-order chi connectivity index (χ1) is 9.31. The number of piperazine rings is 1. The molecule has 1 unspecified atom stereocenters. The van der Waals surface area contributed by atoms with E-state index in [0.717, 1.165) is 43.5 Å². The minimum atomic E-state index is 0.518. The van der Waals surface area contributed by atoms with E-state index in [1.165, 1.54) is 4.83 Å². The molecule has 2 saturated heterocycles. The second-order valence-corrected chi connectivity index (χ2v) is 6.39. The molecule has 2 fully saturated rings. The number of nitrogens with zero attached hydrogens (tertiary/aromatic N) is 3. The maximum Gasteiger partial charge on any atom is 0.188 e. The highest BCUT2D eigenvalue weighted by atomic mass is 32.1. The number of fused-ring (bicyclic) bond motifs is 1. The Bertz CT molecular complexity index is 547. The van der Waals surface area contributed by atoms with E-state index in [0.29, 0.717) is 12.1 Å². The summed E-state index contributed by atoms with van der Waals surface area (Å²) in [4.78, 5) is 14.1. The first-order valence-corrected chi connectivity index (χ1v) is 7.65. The average molecular weight is 278 g/mol. The molecule has 5 nitrogen and oxygen atoms in total. The van der Waals surface area contributed by atoms with Crippen LogP contribution in [-0.2, 0) is 4.74 Å². The molecule has 0 amide bonds. The molecular formula is C13H18N4OS. The van der Waals surface area contributed by atoms with Gasteiger partial charge in [0.1, 0.15) is 10.3 Å². The second kappa shape index (κ2) is 4.47. The predicted molar refractivity (Wildman–Crippen MR) is 77.0 cm³/mol. The Kier molecular flexibility index (Phi) is 2.75. The van der Waals surface area contributed by atoms with Crippen molar-refractivity contribution in [2.24, 2.45) is 0 Å². The van der Waals surface area contributed by atoms with E-state index in [2.05, 4.69) is 21.7 Å². The quantitative estimate of drug-likeness (QED) is 0.905. The molecule has 6 heteroatoms. The molecule has 1 N–H and O–H groups in total. The van der Waals surface area contributed by atoms with Gasteiger partial charge in [-0.05, 0) is 13.0 Å². The van der Waals surface area contributed by atoms with E-state index < -0.39 is 0 Å². The zero-order valence-electron chi connectivity index (χ0n) is 11.0. The normalized spacial score (nSPS) is 25.9. The number of hydrogen-bond donors (Lipinski definition) is 1. The number of aromatic amines is 1. The summed E-state index contributed by atoms with van der Waals surface area (Å²) in [6, 6.07) is 3.21. The van der Waals surface area contributed by atoms with Gasteiger partial charge in [-0.2, -0.15) is 0 Å². The van der Waals surface area contributed by atoms with E-state index in [1.807, 2.05) is 12.3 Å². The summed E-state index contributed by atoms with van der Waals surface area (Å²) in [6.07, 6.45) is 1.95. The van der Waals surface area contributed by atoms with Crippen LogP contribution in [0.4, 0.5) is 5.13 Å². The molecule has 2 aliphatic rings. The van der Waals surface area contributed by atoms with Crippen LogP contribution in [0.15, 0.2) is 12.3 Å². The van der Waals surface area contributed by atoms with Crippen molar-refractivity contribution in [3.8, 4) is 0 Å². The Morgan fingerprint density at radius 2 is 2.32 bits per heavy atom. The number of thiazole rings is 1. The number of aromatic nitrogens is 2. The van der Waals surface area contributed by atoms with Gasteiger partial charge in [-0.15, -0.1) is 0 Å². The van der Waals surface area contributed by atoms with Gasteiger partial charge in [0.2, 0.25) is 0 Å². The van der Waals surface area contributed by atoms with Gasteiger partial charge in [0, 0.05) is 31.9 Å². The molecule has 2 aromatic heterocycles. The number of hydrogen-bond acceptors (Lipinski definition) is 5. The van der Waals surface area contributed by atoms with Crippen molar-refractivity contribution in [1.82, 2.24) is 14.9 Å². The fourth-order valence-electron chi connectivity index (χ4n) is 2.89. The summed E-state index contributed by atoms with van der Waals surface area (Å²) in [5.74, 6) is 0. The smallest absolute Gasteiger partial charge is 0.188 e. The summed E-state index contributed by atoms with van der Waals surface area (Å²) in [5.41, 5.74) is 1.09. The van der Waals surface area contributed by atoms with E-state index >= 15 is 0 Å². The maximum atomic E-state index is 5.29. The van der Waals surface area contributed by atoms with Crippen molar-refractivity contribution in [2.75, 3.05) is 37.7 Å². The van der Waals surface area contributed by atoms with Crippen LogP contribution < -0.4 is 4.90 Å². The molecule has 2 aromatic rings. The number of rotatable bonds is 2. The molecule has 2 aliphatic heterocycles. The summed E-state index contributed by atoms with van der Waals surface area (Å²) in [6.45, 7) is 7.41. The van der Waals surface area contributed by atoms with Crippen molar-refractivity contribution in [3.05, 3.63) is 12.3 Å². The summed E-state index contributed by atoms with van der Waals surface area (Å²) in [7, 11) is 0. The molecule has 19 heavy (non-hydrogen) atoms. The molecule has 0 aliphatic carbocycles. The lowest BCUT2D eigenvalue weighted by molar-refractivity contribution is -0.0691. The zero-order valence-corrected chi connectivity index (χ0v) is 11.8. The monoisotopic (exact) mass is 278 g/mol. The highest BCUT2D eigenvalue weighted by Crippen LogP contribution is 2.30. The van der Waals surface area contributed by atoms with E-state index in [4.69, 9.17) is 9.72 Å². The third-order valence-corrected chi connectivity index (χ3v) is 5.18. The third-order valence-electron chi connectivity index (χ3n) is 4.14. The van der Waals surface area contributed by atoms with Crippen LogP contribution in [0, 0.1) is 0 Å². The predicted octanol–water partition coefficient (Wildman–Crippen LogP) is 1.53. The summed E-state index contributed by atoms with van der Waals surface area (Å²) < 4.78 is 5.29. The van der Waals surface area contributed by atoms with Gasteiger partial charge in [-0.3, -0.25) is 4.90 Å². The molecular weight excluding hydrogens is 260 g/mol. The minimum absolute atomic E-state index is 0.518. The Labute approximate surface area is 116 Å². The van der Waals surface area contributed by atoms with Crippen LogP contribution in [0.1, 0.15) is 6.92 Å². The summed E-state index contributed by atoms with van der Waals surface area (Å²) in [5, 5.41) is 1.15. The Balaban J connectivity index is 1.51. The van der Waals surface area contributed by atoms with Gasteiger partial charge in [-0.25, -0.2) is 4.98 Å². The van der Waals surface area contributed by atoms with Gasteiger partial charge in [0.25, 0.3) is 0 Å². The molecule has 4 heterocycles. The molecule has 0 radical (unpaired) electrons. The van der Waals surface area contributed by atoms with Gasteiger partial charge in [0.05, 0.1) is 19.3 Å². The highest BCUT2D eigenvalue weighted by Gasteiger charge is 2.33. The zero-order chi connectivity index (χ0) is 12.8. The van der Waals surface area contributed by atoms with E-state index in [-0.39, 0.29) is 0 Å². The largest absolute Gasteiger partial charge is 0.378 e. The van der Waals surface area contributed by atoms with Crippen molar-refractivity contribution in [1.29, 1.82) is 0 Å². The van der Waals surface area contributed by atoms with Gasteiger partial charge in [-0.1, -0.05) is 11.3 Å².